The maximum atomic E-state index is 13.8. The topological polar surface area (TPSA) is 108 Å². The number of ether oxygens (including phenoxy) is 1. The lowest BCUT2D eigenvalue weighted by Gasteiger charge is -2.35. The first-order valence-corrected chi connectivity index (χ1v) is 12.6. The average molecular weight is 494 g/mol. The number of benzene rings is 1. The molecule has 34 heavy (non-hydrogen) atoms. The number of alkyl carbamates (subject to hydrolysis) is 1. The summed E-state index contributed by atoms with van der Waals surface area (Å²) in [7, 11) is 0. The normalized spacial score (nSPS) is 13.4. The molecule has 8 nitrogen and oxygen atoms in total. The number of phenolic OH excluding ortho intramolecular Hbond substituents is 1. The molecule has 0 saturated carbocycles. The summed E-state index contributed by atoms with van der Waals surface area (Å²) in [6, 6.07) is 4.28. The minimum absolute atomic E-state index is 0.0251. The van der Waals surface area contributed by atoms with Gasteiger partial charge in [0.1, 0.15) is 23.4 Å². The fourth-order valence-electron chi connectivity index (χ4n) is 3.21. The highest BCUT2D eigenvalue weighted by molar-refractivity contribution is 7.98. The zero-order valence-electron chi connectivity index (χ0n) is 21.3. The van der Waals surface area contributed by atoms with Gasteiger partial charge in [0.25, 0.3) is 0 Å². The van der Waals surface area contributed by atoms with Crippen LogP contribution in [-0.4, -0.2) is 63.6 Å². The van der Waals surface area contributed by atoms with Crippen LogP contribution in [0.25, 0.3) is 0 Å². The van der Waals surface area contributed by atoms with E-state index in [1.165, 1.54) is 34.9 Å². The van der Waals surface area contributed by atoms with Gasteiger partial charge in [-0.25, -0.2) is 4.79 Å². The van der Waals surface area contributed by atoms with Crippen molar-refractivity contribution in [2.24, 2.45) is 0 Å². The molecule has 0 saturated heterocycles. The van der Waals surface area contributed by atoms with E-state index in [4.69, 9.17) is 4.74 Å². The molecule has 1 aromatic carbocycles. The summed E-state index contributed by atoms with van der Waals surface area (Å²) >= 11 is 1.54. The first-order chi connectivity index (χ1) is 15.7. The third kappa shape index (κ3) is 10.1. The predicted molar refractivity (Wildman–Crippen MR) is 137 cm³/mol. The molecule has 0 spiro atoms. The van der Waals surface area contributed by atoms with Crippen LogP contribution in [0.5, 0.6) is 5.75 Å². The van der Waals surface area contributed by atoms with Crippen LogP contribution in [0.15, 0.2) is 36.9 Å². The Labute approximate surface area is 207 Å². The second kappa shape index (κ2) is 12.7. The fraction of sp³-hybridized carbons (Fsp3) is 0.560. The molecule has 1 aromatic rings. The van der Waals surface area contributed by atoms with E-state index in [-0.39, 0.29) is 12.3 Å². The molecule has 190 valence electrons. The van der Waals surface area contributed by atoms with Gasteiger partial charge in [0.15, 0.2) is 0 Å². The van der Waals surface area contributed by atoms with E-state index < -0.39 is 41.1 Å². The second-order valence-corrected chi connectivity index (χ2v) is 11.0. The molecule has 0 aromatic heterocycles. The molecule has 0 aliphatic rings. The van der Waals surface area contributed by atoms with Gasteiger partial charge in [0.2, 0.25) is 11.8 Å². The quantitative estimate of drug-likeness (QED) is 0.425. The first kappa shape index (κ1) is 29.4. The Morgan fingerprint density at radius 2 is 1.85 bits per heavy atom. The van der Waals surface area contributed by atoms with E-state index >= 15 is 0 Å². The molecule has 3 amide bonds. The lowest BCUT2D eigenvalue weighted by Crippen LogP contribution is -2.54. The summed E-state index contributed by atoms with van der Waals surface area (Å²) in [5, 5.41) is 15.6. The lowest BCUT2D eigenvalue weighted by atomic mass is 10.00. The van der Waals surface area contributed by atoms with Crippen molar-refractivity contribution >= 4 is 29.7 Å². The van der Waals surface area contributed by atoms with E-state index in [1.54, 1.807) is 32.9 Å². The summed E-state index contributed by atoms with van der Waals surface area (Å²) in [6.45, 7) is 14.6. The molecular weight excluding hydrogens is 454 g/mol. The Morgan fingerprint density at radius 3 is 2.35 bits per heavy atom. The zero-order valence-corrected chi connectivity index (χ0v) is 22.1. The molecule has 1 rings (SSSR count). The van der Waals surface area contributed by atoms with Gasteiger partial charge in [0.05, 0.1) is 0 Å². The third-order valence-corrected chi connectivity index (χ3v) is 5.10. The van der Waals surface area contributed by atoms with Gasteiger partial charge in [-0.15, -0.1) is 6.58 Å². The van der Waals surface area contributed by atoms with Crippen LogP contribution < -0.4 is 10.6 Å². The number of phenols is 1. The molecule has 0 aliphatic carbocycles. The van der Waals surface area contributed by atoms with Crippen LogP contribution in [0, 0.1) is 0 Å². The number of amides is 3. The highest BCUT2D eigenvalue weighted by Crippen LogP contribution is 2.26. The third-order valence-electron chi connectivity index (χ3n) is 4.45. The number of hydrogen-bond donors (Lipinski definition) is 3. The minimum Gasteiger partial charge on any atom is -0.508 e. The van der Waals surface area contributed by atoms with Crippen molar-refractivity contribution < 1.29 is 24.2 Å². The molecule has 0 heterocycles. The monoisotopic (exact) mass is 493 g/mol. The van der Waals surface area contributed by atoms with Crippen LogP contribution in [0.3, 0.4) is 0 Å². The summed E-state index contributed by atoms with van der Waals surface area (Å²) in [4.78, 5) is 41.0. The van der Waals surface area contributed by atoms with Crippen molar-refractivity contribution in [2.75, 3.05) is 18.6 Å². The standard InChI is InChI=1S/C25H39N3O5S/c1-9-14-28(22(31)19(13-15-34-8)26-23(32)33-25(5,6)7)20(21(30)27-24(2,3)4)17-11-10-12-18(29)16-17/h9-12,16,19-20,29H,1,13-15H2,2-8H3,(H,26,32)(H,27,30). The van der Waals surface area contributed by atoms with Gasteiger partial charge in [-0.1, -0.05) is 18.2 Å². The minimum atomic E-state index is -1.05. The number of hydrogen-bond acceptors (Lipinski definition) is 6. The highest BCUT2D eigenvalue weighted by atomic mass is 32.2. The Kier molecular flexibility index (Phi) is 11.0. The first-order valence-electron chi connectivity index (χ1n) is 11.2. The lowest BCUT2D eigenvalue weighted by molar-refractivity contribution is -0.142. The smallest absolute Gasteiger partial charge is 0.408 e. The number of aromatic hydroxyl groups is 1. The van der Waals surface area contributed by atoms with Crippen molar-refractivity contribution in [3.8, 4) is 5.75 Å². The molecule has 0 radical (unpaired) electrons. The van der Waals surface area contributed by atoms with E-state index in [0.29, 0.717) is 17.7 Å². The van der Waals surface area contributed by atoms with E-state index in [9.17, 15) is 19.5 Å². The van der Waals surface area contributed by atoms with Gasteiger partial charge >= 0.3 is 6.09 Å². The maximum Gasteiger partial charge on any atom is 0.408 e. The van der Waals surface area contributed by atoms with E-state index in [0.717, 1.165) is 0 Å². The van der Waals surface area contributed by atoms with Gasteiger partial charge in [-0.3, -0.25) is 9.59 Å². The molecular formula is C25H39N3O5S. The van der Waals surface area contributed by atoms with Crippen molar-refractivity contribution in [2.45, 2.75) is 71.2 Å². The number of carbonyl (C=O) groups excluding carboxylic acids is 3. The van der Waals surface area contributed by atoms with Crippen LogP contribution in [-0.2, 0) is 14.3 Å². The Hall–Kier alpha value is -2.68. The van der Waals surface area contributed by atoms with Crippen molar-refractivity contribution in [1.29, 1.82) is 0 Å². The average Bonchev–Trinajstić information content (AvgIpc) is 2.67. The van der Waals surface area contributed by atoms with Crippen LogP contribution in [0.4, 0.5) is 4.79 Å². The molecule has 3 N–H and O–H groups in total. The fourth-order valence-corrected chi connectivity index (χ4v) is 3.68. The largest absolute Gasteiger partial charge is 0.508 e. The summed E-state index contributed by atoms with van der Waals surface area (Å²) in [5.74, 6) is -0.270. The summed E-state index contributed by atoms with van der Waals surface area (Å²) in [5.41, 5.74) is -0.839. The molecule has 2 atom stereocenters. The highest BCUT2D eigenvalue weighted by Gasteiger charge is 2.36. The number of thioether (sulfide) groups is 1. The summed E-state index contributed by atoms with van der Waals surface area (Å²) in [6.07, 6.45) is 3.07. The Balaban J connectivity index is 3.43. The van der Waals surface area contributed by atoms with Crippen LogP contribution >= 0.6 is 11.8 Å². The molecule has 0 fully saturated rings. The Bertz CT molecular complexity index is 861. The van der Waals surface area contributed by atoms with Crippen molar-refractivity contribution in [1.82, 2.24) is 15.5 Å². The van der Waals surface area contributed by atoms with Gasteiger partial charge < -0.3 is 25.4 Å². The second-order valence-electron chi connectivity index (χ2n) is 10.00. The number of carbonyl (C=O) groups is 3. The molecule has 0 aliphatic heterocycles. The van der Waals surface area contributed by atoms with Crippen molar-refractivity contribution in [3.63, 3.8) is 0 Å². The van der Waals surface area contributed by atoms with E-state index in [2.05, 4.69) is 17.2 Å². The SMILES string of the molecule is C=CCN(C(=O)C(CCSC)NC(=O)OC(C)(C)C)C(C(=O)NC(C)(C)C)c1cccc(O)c1. The molecule has 2 unspecified atom stereocenters. The summed E-state index contributed by atoms with van der Waals surface area (Å²) < 4.78 is 5.35. The molecule has 0 bridgehead atoms. The predicted octanol–water partition coefficient (Wildman–Crippen LogP) is 4.01. The molecule has 9 heteroatoms. The maximum absolute atomic E-state index is 13.8. The van der Waals surface area contributed by atoms with Gasteiger partial charge in [-0.2, -0.15) is 11.8 Å². The van der Waals surface area contributed by atoms with Crippen LogP contribution in [0.2, 0.25) is 0 Å². The number of nitrogens with zero attached hydrogens (tertiary/aromatic N) is 1. The van der Waals surface area contributed by atoms with Crippen LogP contribution in [0.1, 0.15) is 59.6 Å². The number of rotatable bonds is 10. The van der Waals surface area contributed by atoms with Gasteiger partial charge in [0, 0.05) is 12.1 Å². The zero-order chi connectivity index (χ0) is 26.1. The van der Waals surface area contributed by atoms with Crippen molar-refractivity contribution in [3.05, 3.63) is 42.5 Å². The van der Waals surface area contributed by atoms with E-state index in [1.807, 2.05) is 27.0 Å². The Morgan fingerprint density at radius 1 is 1.21 bits per heavy atom. The number of nitrogens with one attached hydrogen (secondary N) is 2. The van der Waals surface area contributed by atoms with Gasteiger partial charge in [-0.05, 0) is 77.7 Å².